The van der Waals surface area contributed by atoms with Crippen molar-refractivity contribution in [3.8, 4) is 0 Å². The molecule has 0 radical (unpaired) electrons. The van der Waals surface area contributed by atoms with E-state index in [1.165, 1.54) is 11.3 Å². The standard InChI is InChI=1S/C10H16N2O/c1-7-9(6-11-12(7)2)8-4-3-5-10(8)13/h6,8,10,13H,3-5H2,1-2H3/t8-,10+/m0/s1. The molecule has 2 rings (SSSR count). The zero-order valence-corrected chi connectivity index (χ0v) is 8.20. The van der Waals surface area contributed by atoms with Crippen molar-refractivity contribution in [2.45, 2.75) is 38.2 Å². The summed E-state index contributed by atoms with van der Waals surface area (Å²) < 4.78 is 1.88. The summed E-state index contributed by atoms with van der Waals surface area (Å²) in [6.45, 7) is 2.06. The second kappa shape index (κ2) is 3.14. The molecule has 13 heavy (non-hydrogen) atoms. The molecule has 0 aliphatic heterocycles. The molecule has 1 heterocycles. The highest BCUT2D eigenvalue weighted by Gasteiger charge is 2.28. The van der Waals surface area contributed by atoms with Crippen molar-refractivity contribution >= 4 is 0 Å². The fourth-order valence-corrected chi connectivity index (χ4v) is 2.18. The largest absolute Gasteiger partial charge is 0.392 e. The first-order valence-corrected chi connectivity index (χ1v) is 4.86. The van der Waals surface area contributed by atoms with E-state index in [0.29, 0.717) is 5.92 Å². The van der Waals surface area contributed by atoms with E-state index in [-0.39, 0.29) is 6.10 Å². The average molecular weight is 180 g/mol. The van der Waals surface area contributed by atoms with Crippen molar-refractivity contribution in [1.29, 1.82) is 0 Å². The smallest absolute Gasteiger partial charge is 0.0610 e. The van der Waals surface area contributed by atoms with Crippen LogP contribution in [0.3, 0.4) is 0 Å². The van der Waals surface area contributed by atoms with Crippen molar-refractivity contribution in [3.63, 3.8) is 0 Å². The highest BCUT2D eigenvalue weighted by atomic mass is 16.3. The summed E-state index contributed by atoms with van der Waals surface area (Å²) >= 11 is 0. The lowest BCUT2D eigenvalue weighted by Crippen LogP contribution is -2.11. The van der Waals surface area contributed by atoms with Gasteiger partial charge in [0.1, 0.15) is 0 Å². The second-order valence-corrected chi connectivity index (χ2v) is 3.91. The fraction of sp³-hybridized carbons (Fsp3) is 0.700. The average Bonchev–Trinajstić information content (AvgIpc) is 2.62. The molecule has 1 aromatic heterocycles. The molecule has 0 bridgehead atoms. The van der Waals surface area contributed by atoms with Crippen LogP contribution in [0.1, 0.15) is 36.4 Å². The van der Waals surface area contributed by atoms with Crippen LogP contribution < -0.4 is 0 Å². The molecule has 72 valence electrons. The molecule has 0 aromatic carbocycles. The summed E-state index contributed by atoms with van der Waals surface area (Å²) in [5.41, 5.74) is 2.42. The maximum Gasteiger partial charge on any atom is 0.0610 e. The normalized spacial score (nSPS) is 28.2. The number of aliphatic hydroxyl groups is 1. The van der Waals surface area contributed by atoms with Crippen LogP contribution >= 0.6 is 0 Å². The molecule has 0 spiro atoms. The van der Waals surface area contributed by atoms with Gasteiger partial charge in [-0.1, -0.05) is 6.42 Å². The van der Waals surface area contributed by atoms with Crippen LogP contribution in [0, 0.1) is 6.92 Å². The predicted octanol–water partition coefficient (Wildman–Crippen LogP) is 1.36. The van der Waals surface area contributed by atoms with E-state index in [1.54, 1.807) is 0 Å². The quantitative estimate of drug-likeness (QED) is 0.708. The summed E-state index contributed by atoms with van der Waals surface area (Å²) in [6, 6.07) is 0. The van der Waals surface area contributed by atoms with Gasteiger partial charge in [-0.2, -0.15) is 5.10 Å². The van der Waals surface area contributed by atoms with Crippen LogP contribution in [0.25, 0.3) is 0 Å². The van der Waals surface area contributed by atoms with Crippen LogP contribution in [0.4, 0.5) is 0 Å². The Bertz CT molecular complexity index is 306. The molecular formula is C10H16N2O. The lowest BCUT2D eigenvalue weighted by Gasteiger charge is -2.13. The van der Waals surface area contributed by atoms with Gasteiger partial charge in [-0.15, -0.1) is 0 Å². The second-order valence-electron chi connectivity index (χ2n) is 3.91. The molecule has 0 amide bonds. The Morgan fingerprint density at radius 2 is 2.31 bits per heavy atom. The molecule has 1 aliphatic carbocycles. The summed E-state index contributed by atoms with van der Waals surface area (Å²) in [6.07, 6.45) is 4.93. The summed E-state index contributed by atoms with van der Waals surface area (Å²) in [5, 5.41) is 13.9. The van der Waals surface area contributed by atoms with Gasteiger partial charge in [-0.3, -0.25) is 4.68 Å². The molecule has 1 aromatic rings. The first-order valence-electron chi connectivity index (χ1n) is 4.86. The molecule has 1 fully saturated rings. The molecule has 3 nitrogen and oxygen atoms in total. The Morgan fingerprint density at radius 3 is 2.77 bits per heavy atom. The molecule has 1 saturated carbocycles. The van der Waals surface area contributed by atoms with Crippen molar-refractivity contribution in [3.05, 3.63) is 17.5 Å². The number of aryl methyl sites for hydroxylation is 1. The lowest BCUT2D eigenvalue weighted by atomic mass is 9.97. The van der Waals surface area contributed by atoms with Crippen LogP contribution in [0.2, 0.25) is 0 Å². The van der Waals surface area contributed by atoms with Gasteiger partial charge >= 0.3 is 0 Å². The van der Waals surface area contributed by atoms with E-state index in [0.717, 1.165) is 19.3 Å². The van der Waals surface area contributed by atoms with Gasteiger partial charge in [0.25, 0.3) is 0 Å². The third kappa shape index (κ3) is 1.37. The van der Waals surface area contributed by atoms with E-state index in [9.17, 15) is 5.11 Å². The van der Waals surface area contributed by atoms with Gasteiger partial charge in [-0.05, 0) is 25.3 Å². The van der Waals surface area contributed by atoms with E-state index in [2.05, 4.69) is 12.0 Å². The van der Waals surface area contributed by atoms with Crippen LogP contribution in [-0.2, 0) is 7.05 Å². The first-order chi connectivity index (χ1) is 6.20. The Kier molecular flexibility index (Phi) is 2.12. The first kappa shape index (κ1) is 8.75. The van der Waals surface area contributed by atoms with Crippen LogP contribution in [0.15, 0.2) is 6.20 Å². The Hall–Kier alpha value is -0.830. The SMILES string of the molecule is Cc1c([C@@H]2CCC[C@H]2O)cnn1C. The van der Waals surface area contributed by atoms with E-state index < -0.39 is 0 Å². The topological polar surface area (TPSA) is 38.1 Å². The van der Waals surface area contributed by atoms with Gasteiger partial charge in [0.05, 0.1) is 12.3 Å². The lowest BCUT2D eigenvalue weighted by molar-refractivity contribution is 0.163. The Labute approximate surface area is 78.4 Å². The number of nitrogens with zero attached hydrogens (tertiary/aromatic N) is 2. The molecule has 1 aliphatic rings. The minimum Gasteiger partial charge on any atom is -0.392 e. The number of hydrogen-bond donors (Lipinski definition) is 1. The minimum atomic E-state index is -0.150. The number of hydrogen-bond acceptors (Lipinski definition) is 2. The van der Waals surface area contributed by atoms with Gasteiger partial charge in [0.2, 0.25) is 0 Å². The molecule has 2 atom stereocenters. The molecular weight excluding hydrogens is 164 g/mol. The zero-order valence-electron chi connectivity index (χ0n) is 8.20. The molecule has 3 heteroatoms. The predicted molar refractivity (Wildman–Crippen MR) is 50.5 cm³/mol. The highest BCUT2D eigenvalue weighted by Crippen LogP contribution is 2.35. The Balaban J connectivity index is 2.29. The zero-order chi connectivity index (χ0) is 9.42. The van der Waals surface area contributed by atoms with Crippen molar-refractivity contribution < 1.29 is 5.11 Å². The minimum absolute atomic E-state index is 0.150. The van der Waals surface area contributed by atoms with Gasteiger partial charge < -0.3 is 5.11 Å². The summed E-state index contributed by atoms with van der Waals surface area (Å²) in [4.78, 5) is 0. The maximum absolute atomic E-state index is 9.74. The van der Waals surface area contributed by atoms with Crippen LogP contribution in [-0.4, -0.2) is 21.0 Å². The molecule has 0 saturated heterocycles. The third-order valence-electron chi connectivity index (χ3n) is 3.15. The highest BCUT2D eigenvalue weighted by molar-refractivity contribution is 5.23. The van der Waals surface area contributed by atoms with Crippen molar-refractivity contribution in [2.24, 2.45) is 7.05 Å². The van der Waals surface area contributed by atoms with Crippen molar-refractivity contribution in [2.75, 3.05) is 0 Å². The van der Waals surface area contributed by atoms with E-state index >= 15 is 0 Å². The molecule has 0 unspecified atom stereocenters. The fourth-order valence-electron chi connectivity index (χ4n) is 2.18. The Morgan fingerprint density at radius 1 is 1.54 bits per heavy atom. The van der Waals surface area contributed by atoms with Gasteiger partial charge in [0, 0.05) is 18.7 Å². The van der Waals surface area contributed by atoms with E-state index in [1.807, 2.05) is 17.9 Å². The molecule has 1 N–H and O–H groups in total. The monoisotopic (exact) mass is 180 g/mol. The number of aliphatic hydroxyl groups excluding tert-OH is 1. The summed E-state index contributed by atoms with van der Waals surface area (Å²) in [7, 11) is 1.94. The number of aromatic nitrogens is 2. The number of rotatable bonds is 1. The van der Waals surface area contributed by atoms with Gasteiger partial charge in [-0.25, -0.2) is 0 Å². The van der Waals surface area contributed by atoms with Crippen molar-refractivity contribution in [1.82, 2.24) is 9.78 Å². The third-order valence-corrected chi connectivity index (χ3v) is 3.15. The van der Waals surface area contributed by atoms with Crippen LogP contribution in [0.5, 0.6) is 0 Å². The summed E-state index contributed by atoms with van der Waals surface area (Å²) in [5.74, 6) is 0.327. The van der Waals surface area contributed by atoms with Gasteiger partial charge in [0.15, 0.2) is 0 Å². The van der Waals surface area contributed by atoms with E-state index in [4.69, 9.17) is 0 Å². The maximum atomic E-state index is 9.74.